The molecule has 0 saturated carbocycles. The number of nitrogen functional groups attached to an aromatic ring is 1. The third-order valence-electron chi connectivity index (χ3n) is 2.99. The van der Waals surface area contributed by atoms with Gasteiger partial charge in [0.1, 0.15) is 5.82 Å². The van der Waals surface area contributed by atoms with Gasteiger partial charge in [0.25, 0.3) is 0 Å². The zero-order chi connectivity index (χ0) is 14.8. The van der Waals surface area contributed by atoms with Gasteiger partial charge in [-0.1, -0.05) is 53.5 Å². The molecule has 0 bridgehead atoms. The van der Waals surface area contributed by atoms with Gasteiger partial charge in [0.05, 0.1) is 15.7 Å². The number of nitrogens with zero attached hydrogens (tertiary/aromatic N) is 2. The van der Waals surface area contributed by atoms with Crippen LogP contribution in [0.25, 0.3) is 22.6 Å². The summed E-state index contributed by atoms with van der Waals surface area (Å²) in [6, 6.07) is 16.8. The number of hydrogen-bond acceptors (Lipinski definition) is 3. The maximum Gasteiger partial charge on any atom is 0.162 e. The highest BCUT2D eigenvalue weighted by atomic mass is 35.5. The Kier molecular flexibility index (Phi) is 3.78. The van der Waals surface area contributed by atoms with Crippen LogP contribution in [-0.2, 0) is 0 Å². The molecule has 3 aromatic rings. The van der Waals surface area contributed by atoms with Gasteiger partial charge in [0, 0.05) is 17.2 Å². The second kappa shape index (κ2) is 5.72. The zero-order valence-corrected chi connectivity index (χ0v) is 12.4. The van der Waals surface area contributed by atoms with E-state index >= 15 is 0 Å². The van der Waals surface area contributed by atoms with Gasteiger partial charge in [0.2, 0.25) is 0 Å². The predicted octanol–water partition coefficient (Wildman–Crippen LogP) is 4.70. The number of hydrogen-bond donors (Lipinski definition) is 1. The van der Waals surface area contributed by atoms with Gasteiger partial charge < -0.3 is 5.73 Å². The predicted molar refractivity (Wildman–Crippen MR) is 87.3 cm³/mol. The summed E-state index contributed by atoms with van der Waals surface area (Å²) in [5, 5.41) is 0.953. The minimum absolute atomic E-state index is 0.407. The van der Waals surface area contributed by atoms with Crippen LogP contribution < -0.4 is 5.73 Å². The summed E-state index contributed by atoms with van der Waals surface area (Å²) < 4.78 is 0. The molecule has 2 N–H and O–H groups in total. The molecule has 0 atom stereocenters. The lowest BCUT2D eigenvalue weighted by atomic mass is 10.1. The summed E-state index contributed by atoms with van der Waals surface area (Å²) in [6.45, 7) is 0. The molecule has 21 heavy (non-hydrogen) atoms. The molecule has 0 unspecified atom stereocenters. The quantitative estimate of drug-likeness (QED) is 0.745. The van der Waals surface area contributed by atoms with E-state index in [1.165, 1.54) is 0 Å². The topological polar surface area (TPSA) is 51.8 Å². The molecule has 1 heterocycles. The van der Waals surface area contributed by atoms with Gasteiger partial charge in [-0.05, 0) is 18.2 Å². The molecular formula is C16H11Cl2N3. The Morgan fingerprint density at radius 2 is 1.52 bits per heavy atom. The van der Waals surface area contributed by atoms with Crippen molar-refractivity contribution in [3.05, 3.63) is 64.6 Å². The molecule has 1 aromatic heterocycles. The number of anilines is 1. The second-order valence-corrected chi connectivity index (χ2v) is 5.31. The van der Waals surface area contributed by atoms with Crippen molar-refractivity contribution in [3.63, 3.8) is 0 Å². The van der Waals surface area contributed by atoms with E-state index in [0.717, 1.165) is 16.8 Å². The molecular weight excluding hydrogens is 305 g/mol. The number of nitrogens with two attached hydrogens (primary N) is 1. The van der Waals surface area contributed by atoms with E-state index < -0.39 is 0 Å². The van der Waals surface area contributed by atoms with Gasteiger partial charge in [-0.3, -0.25) is 0 Å². The van der Waals surface area contributed by atoms with Crippen LogP contribution in [0.4, 0.5) is 5.82 Å². The Hall–Kier alpha value is -2.10. The summed E-state index contributed by atoms with van der Waals surface area (Å²) in [7, 11) is 0. The number of halogens is 2. The summed E-state index contributed by atoms with van der Waals surface area (Å²) in [5.41, 5.74) is 8.41. The third kappa shape index (κ3) is 2.99. The average Bonchev–Trinajstić information content (AvgIpc) is 2.50. The minimum atomic E-state index is 0.407. The zero-order valence-electron chi connectivity index (χ0n) is 10.9. The highest BCUT2D eigenvalue weighted by Gasteiger charge is 2.09. The Labute approximate surface area is 132 Å². The maximum atomic E-state index is 6.04. The summed E-state index contributed by atoms with van der Waals surface area (Å²) in [5.74, 6) is 0.928. The van der Waals surface area contributed by atoms with Crippen LogP contribution in [0.1, 0.15) is 0 Å². The maximum absolute atomic E-state index is 6.04. The highest BCUT2D eigenvalue weighted by Crippen LogP contribution is 2.28. The molecule has 0 aliphatic carbocycles. The van der Waals surface area contributed by atoms with Crippen molar-refractivity contribution in [2.75, 3.05) is 5.73 Å². The SMILES string of the molecule is Nc1cc(-c2ccccc2)nc(-c2ccc(Cl)c(Cl)c2)n1. The monoisotopic (exact) mass is 315 g/mol. The van der Waals surface area contributed by atoms with Crippen LogP contribution in [0.2, 0.25) is 10.0 Å². The lowest BCUT2D eigenvalue weighted by Gasteiger charge is -2.07. The van der Waals surface area contributed by atoms with E-state index in [0.29, 0.717) is 21.7 Å². The molecule has 5 heteroatoms. The van der Waals surface area contributed by atoms with Crippen molar-refractivity contribution >= 4 is 29.0 Å². The molecule has 0 radical (unpaired) electrons. The molecule has 0 spiro atoms. The fourth-order valence-electron chi connectivity index (χ4n) is 1.99. The molecule has 104 valence electrons. The fourth-order valence-corrected chi connectivity index (χ4v) is 2.29. The smallest absolute Gasteiger partial charge is 0.162 e. The van der Waals surface area contributed by atoms with Crippen molar-refractivity contribution in [3.8, 4) is 22.6 Å². The number of rotatable bonds is 2. The molecule has 0 aliphatic heterocycles. The van der Waals surface area contributed by atoms with E-state index in [9.17, 15) is 0 Å². The van der Waals surface area contributed by atoms with Gasteiger partial charge in [0.15, 0.2) is 5.82 Å². The van der Waals surface area contributed by atoms with Gasteiger partial charge >= 0.3 is 0 Å². The molecule has 2 aromatic carbocycles. The molecule has 0 aliphatic rings. The molecule has 0 amide bonds. The van der Waals surface area contributed by atoms with Crippen LogP contribution in [0, 0.1) is 0 Å². The van der Waals surface area contributed by atoms with E-state index in [1.807, 2.05) is 36.4 Å². The van der Waals surface area contributed by atoms with Crippen molar-refractivity contribution < 1.29 is 0 Å². The molecule has 0 fully saturated rings. The van der Waals surface area contributed by atoms with E-state index in [-0.39, 0.29) is 0 Å². The fraction of sp³-hybridized carbons (Fsp3) is 0. The average molecular weight is 316 g/mol. The molecule has 3 nitrogen and oxygen atoms in total. The Morgan fingerprint density at radius 1 is 0.762 bits per heavy atom. The van der Waals surface area contributed by atoms with Crippen LogP contribution in [0.5, 0.6) is 0 Å². The van der Waals surface area contributed by atoms with E-state index in [2.05, 4.69) is 9.97 Å². The highest BCUT2D eigenvalue weighted by molar-refractivity contribution is 6.42. The normalized spacial score (nSPS) is 10.6. The Morgan fingerprint density at radius 3 is 2.24 bits per heavy atom. The van der Waals surface area contributed by atoms with Crippen molar-refractivity contribution in [2.24, 2.45) is 0 Å². The lowest BCUT2D eigenvalue weighted by Crippen LogP contribution is -1.98. The largest absolute Gasteiger partial charge is 0.384 e. The van der Waals surface area contributed by atoms with Gasteiger partial charge in [-0.25, -0.2) is 9.97 Å². The first kappa shape index (κ1) is 13.9. The van der Waals surface area contributed by atoms with Crippen LogP contribution in [0.15, 0.2) is 54.6 Å². The lowest BCUT2D eigenvalue weighted by molar-refractivity contribution is 1.19. The van der Waals surface area contributed by atoms with Crippen molar-refractivity contribution in [1.82, 2.24) is 9.97 Å². The standard InChI is InChI=1S/C16H11Cl2N3/c17-12-7-6-11(8-13(12)18)16-20-14(9-15(19)21-16)10-4-2-1-3-5-10/h1-9H,(H2,19,20,21). The second-order valence-electron chi connectivity index (χ2n) is 4.50. The number of benzene rings is 2. The number of aromatic nitrogens is 2. The Balaban J connectivity index is 2.11. The van der Waals surface area contributed by atoms with Gasteiger partial charge in [-0.2, -0.15) is 0 Å². The minimum Gasteiger partial charge on any atom is -0.384 e. The van der Waals surface area contributed by atoms with Crippen LogP contribution >= 0.6 is 23.2 Å². The summed E-state index contributed by atoms with van der Waals surface area (Å²) in [4.78, 5) is 8.82. The first-order valence-electron chi connectivity index (χ1n) is 6.29. The summed E-state index contributed by atoms with van der Waals surface area (Å²) in [6.07, 6.45) is 0. The third-order valence-corrected chi connectivity index (χ3v) is 3.73. The van der Waals surface area contributed by atoms with E-state index in [1.54, 1.807) is 18.2 Å². The van der Waals surface area contributed by atoms with Crippen LogP contribution in [-0.4, -0.2) is 9.97 Å². The summed E-state index contributed by atoms with van der Waals surface area (Å²) >= 11 is 12.0. The first-order chi connectivity index (χ1) is 10.1. The molecule has 0 saturated heterocycles. The van der Waals surface area contributed by atoms with Crippen molar-refractivity contribution in [1.29, 1.82) is 0 Å². The first-order valence-corrected chi connectivity index (χ1v) is 7.04. The van der Waals surface area contributed by atoms with Crippen LogP contribution in [0.3, 0.4) is 0 Å². The van der Waals surface area contributed by atoms with E-state index in [4.69, 9.17) is 28.9 Å². The van der Waals surface area contributed by atoms with Gasteiger partial charge in [-0.15, -0.1) is 0 Å². The Bertz CT molecular complexity index is 789. The van der Waals surface area contributed by atoms with Crippen molar-refractivity contribution in [2.45, 2.75) is 0 Å². The molecule has 3 rings (SSSR count).